The molecule has 0 aliphatic rings. The minimum Gasteiger partial charge on any atom is -0.368 e. The van der Waals surface area contributed by atoms with Gasteiger partial charge in [-0.05, 0) is 28.1 Å². The van der Waals surface area contributed by atoms with Gasteiger partial charge in [0, 0.05) is 25.7 Å². The average Bonchev–Trinajstić information content (AvgIpc) is 3.24. The van der Waals surface area contributed by atoms with E-state index >= 15 is 0 Å². The predicted octanol–water partition coefficient (Wildman–Crippen LogP) is 2.10. The number of amides is 1. The zero-order valence-corrected chi connectivity index (χ0v) is 15.2. The topological polar surface area (TPSA) is 97.6 Å². The molecule has 0 fully saturated rings. The van der Waals surface area contributed by atoms with Crippen LogP contribution in [-0.4, -0.2) is 44.2 Å². The number of alkyl halides is 3. The van der Waals surface area contributed by atoms with Crippen LogP contribution in [0, 0.1) is 0 Å². The maximum atomic E-state index is 13.0. The van der Waals surface area contributed by atoms with Gasteiger partial charge in [0.05, 0.1) is 5.56 Å². The van der Waals surface area contributed by atoms with E-state index in [0.29, 0.717) is 6.42 Å². The van der Waals surface area contributed by atoms with Gasteiger partial charge in [-0.1, -0.05) is 30.3 Å². The average molecular weight is 405 g/mol. The number of benzene rings is 1. The summed E-state index contributed by atoms with van der Waals surface area (Å²) in [5, 5.41) is 16.2. The monoisotopic (exact) mass is 405 g/mol. The standard InChI is InChI=1S/C18H18F3N7O/c19-18(20,21)14-7-4-8-22-16(14)23-9-10-24-17(29)15(28-12-25-26-27-28)11-13-5-2-1-3-6-13/h1-8,12,15H,9-11H2,(H,22,23)(H,24,29). The maximum absolute atomic E-state index is 13.0. The highest BCUT2D eigenvalue weighted by Crippen LogP contribution is 2.33. The number of hydrogen-bond donors (Lipinski definition) is 2. The van der Waals surface area contributed by atoms with Crippen LogP contribution < -0.4 is 10.6 Å². The second kappa shape index (κ2) is 9.13. The number of anilines is 1. The van der Waals surface area contributed by atoms with Crippen molar-refractivity contribution < 1.29 is 18.0 Å². The maximum Gasteiger partial charge on any atom is 0.419 e. The zero-order chi connectivity index (χ0) is 20.7. The molecule has 2 heterocycles. The normalized spacial score (nSPS) is 12.4. The molecule has 0 aliphatic heterocycles. The number of rotatable bonds is 8. The van der Waals surface area contributed by atoms with Crippen molar-refractivity contribution in [3.8, 4) is 0 Å². The van der Waals surface area contributed by atoms with Crippen molar-refractivity contribution in [1.29, 1.82) is 0 Å². The van der Waals surface area contributed by atoms with Crippen LogP contribution in [0.15, 0.2) is 55.0 Å². The van der Waals surface area contributed by atoms with E-state index in [4.69, 9.17) is 0 Å². The Balaban J connectivity index is 1.59. The fourth-order valence-corrected chi connectivity index (χ4v) is 2.71. The van der Waals surface area contributed by atoms with E-state index in [9.17, 15) is 18.0 Å². The Labute approximate surface area is 164 Å². The van der Waals surface area contributed by atoms with E-state index in [-0.39, 0.29) is 24.8 Å². The van der Waals surface area contributed by atoms with E-state index in [1.165, 1.54) is 23.3 Å². The highest BCUT2D eigenvalue weighted by atomic mass is 19.4. The number of pyridine rings is 1. The molecule has 0 saturated heterocycles. The van der Waals surface area contributed by atoms with Crippen LogP contribution in [0.2, 0.25) is 0 Å². The fourth-order valence-electron chi connectivity index (χ4n) is 2.71. The van der Waals surface area contributed by atoms with Crippen molar-refractivity contribution in [3.05, 3.63) is 66.1 Å². The molecule has 0 bridgehead atoms. The summed E-state index contributed by atoms with van der Waals surface area (Å²) < 4.78 is 40.3. The number of tetrazole rings is 1. The summed E-state index contributed by atoms with van der Waals surface area (Å²) in [6, 6.07) is 10.8. The van der Waals surface area contributed by atoms with Crippen molar-refractivity contribution in [1.82, 2.24) is 30.5 Å². The number of nitrogens with zero attached hydrogens (tertiary/aromatic N) is 5. The highest BCUT2D eigenvalue weighted by molar-refractivity contribution is 5.80. The lowest BCUT2D eigenvalue weighted by atomic mass is 10.1. The van der Waals surface area contributed by atoms with Gasteiger partial charge in [0.15, 0.2) is 0 Å². The van der Waals surface area contributed by atoms with Crippen molar-refractivity contribution in [2.24, 2.45) is 0 Å². The summed E-state index contributed by atoms with van der Waals surface area (Å²) in [5.74, 6) is -0.629. The molecule has 8 nitrogen and oxygen atoms in total. The van der Waals surface area contributed by atoms with Crippen LogP contribution in [-0.2, 0) is 17.4 Å². The number of hydrogen-bond acceptors (Lipinski definition) is 6. The second-order valence-electron chi connectivity index (χ2n) is 6.11. The van der Waals surface area contributed by atoms with Crippen LogP contribution >= 0.6 is 0 Å². The summed E-state index contributed by atoms with van der Waals surface area (Å²) >= 11 is 0. The van der Waals surface area contributed by atoms with Crippen LogP contribution in [0.25, 0.3) is 0 Å². The van der Waals surface area contributed by atoms with E-state index in [1.807, 2.05) is 30.3 Å². The van der Waals surface area contributed by atoms with Gasteiger partial charge in [0.25, 0.3) is 0 Å². The lowest BCUT2D eigenvalue weighted by Crippen LogP contribution is -2.37. The molecule has 1 atom stereocenters. The minimum atomic E-state index is -4.51. The third kappa shape index (κ3) is 5.50. The predicted molar refractivity (Wildman–Crippen MR) is 97.7 cm³/mol. The molecule has 3 aromatic rings. The van der Waals surface area contributed by atoms with E-state index < -0.39 is 17.8 Å². The lowest BCUT2D eigenvalue weighted by Gasteiger charge is -2.17. The third-order valence-electron chi connectivity index (χ3n) is 4.09. The Morgan fingerprint density at radius 2 is 1.90 bits per heavy atom. The van der Waals surface area contributed by atoms with Crippen molar-refractivity contribution in [2.45, 2.75) is 18.6 Å². The zero-order valence-electron chi connectivity index (χ0n) is 15.2. The third-order valence-corrected chi connectivity index (χ3v) is 4.09. The molecule has 2 N–H and O–H groups in total. The lowest BCUT2D eigenvalue weighted by molar-refractivity contribution is -0.137. The number of carbonyl (C=O) groups is 1. The smallest absolute Gasteiger partial charge is 0.368 e. The number of halogens is 3. The molecule has 152 valence electrons. The molecule has 2 aromatic heterocycles. The minimum absolute atomic E-state index is 0.0689. The van der Waals surface area contributed by atoms with E-state index in [1.54, 1.807) is 0 Å². The fraction of sp³-hybridized carbons (Fsp3) is 0.278. The van der Waals surface area contributed by atoms with E-state index in [2.05, 4.69) is 31.1 Å². The molecule has 0 spiro atoms. The molecule has 0 radical (unpaired) electrons. The van der Waals surface area contributed by atoms with Crippen LogP contribution in [0.1, 0.15) is 17.2 Å². The summed E-state index contributed by atoms with van der Waals surface area (Å²) in [5.41, 5.74) is 0.0616. The van der Waals surface area contributed by atoms with E-state index in [0.717, 1.165) is 11.6 Å². The SMILES string of the molecule is O=C(NCCNc1ncccc1C(F)(F)F)C(Cc1ccccc1)n1cnnn1. The first kappa shape index (κ1) is 20.2. The van der Waals surface area contributed by atoms with Gasteiger partial charge in [0.1, 0.15) is 18.2 Å². The molecule has 1 aromatic carbocycles. The highest BCUT2D eigenvalue weighted by Gasteiger charge is 2.34. The Kier molecular flexibility index (Phi) is 6.37. The van der Waals surface area contributed by atoms with Gasteiger partial charge in [-0.3, -0.25) is 4.79 Å². The Hall–Kier alpha value is -3.50. The van der Waals surface area contributed by atoms with Crippen molar-refractivity contribution in [2.75, 3.05) is 18.4 Å². The number of nitrogens with one attached hydrogen (secondary N) is 2. The number of carbonyl (C=O) groups excluding carboxylic acids is 1. The summed E-state index contributed by atoms with van der Waals surface area (Å²) in [7, 11) is 0. The number of aromatic nitrogens is 5. The first-order valence-corrected chi connectivity index (χ1v) is 8.75. The Morgan fingerprint density at radius 1 is 1.10 bits per heavy atom. The summed E-state index contributed by atoms with van der Waals surface area (Å²) in [6.45, 7) is 0.166. The first-order valence-electron chi connectivity index (χ1n) is 8.75. The van der Waals surface area contributed by atoms with Gasteiger partial charge in [-0.25, -0.2) is 9.67 Å². The van der Waals surface area contributed by atoms with Gasteiger partial charge in [-0.2, -0.15) is 13.2 Å². The van der Waals surface area contributed by atoms with Gasteiger partial charge >= 0.3 is 6.18 Å². The van der Waals surface area contributed by atoms with Crippen LogP contribution in [0.5, 0.6) is 0 Å². The molecule has 1 amide bonds. The van der Waals surface area contributed by atoms with Crippen LogP contribution in [0.3, 0.4) is 0 Å². The van der Waals surface area contributed by atoms with Crippen molar-refractivity contribution in [3.63, 3.8) is 0 Å². The largest absolute Gasteiger partial charge is 0.419 e. The Bertz CT molecular complexity index is 917. The molecular weight excluding hydrogens is 387 g/mol. The molecule has 0 aliphatic carbocycles. The van der Waals surface area contributed by atoms with Crippen molar-refractivity contribution >= 4 is 11.7 Å². The molecule has 1 unspecified atom stereocenters. The molecule has 11 heteroatoms. The molecule has 3 rings (SSSR count). The van der Waals surface area contributed by atoms with Gasteiger partial charge in [-0.15, -0.1) is 5.10 Å². The molecular formula is C18H18F3N7O. The quantitative estimate of drug-likeness (QED) is 0.557. The van der Waals surface area contributed by atoms with Gasteiger partial charge < -0.3 is 10.6 Å². The van der Waals surface area contributed by atoms with Crippen LogP contribution in [0.4, 0.5) is 19.0 Å². The van der Waals surface area contributed by atoms with Gasteiger partial charge in [0.2, 0.25) is 5.91 Å². The molecule has 29 heavy (non-hydrogen) atoms. The first-order chi connectivity index (χ1) is 13.9. The summed E-state index contributed by atoms with van der Waals surface area (Å²) in [4.78, 5) is 16.4. The Morgan fingerprint density at radius 3 is 2.59 bits per heavy atom. The summed E-state index contributed by atoms with van der Waals surface area (Å²) in [6.07, 6.45) is -1.54. The second-order valence-corrected chi connectivity index (χ2v) is 6.11. The molecule has 0 saturated carbocycles.